The van der Waals surface area contributed by atoms with Gasteiger partial charge in [0.2, 0.25) is 5.75 Å². The number of aliphatic hydroxyl groups is 1. The molecular formula is C16H16O7. The number of ether oxygens (including phenoxy) is 2. The lowest BCUT2D eigenvalue weighted by molar-refractivity contribution is -0.155. The minimum absolute atomic E-state index is 0.00812. The Morgan fingerprint density at radius 2 is 2.04 bits per heavy atom. The van der Waals surface area contributed by atoms with Gasteiger partial charge >= 0.3 is 11.6 Å². The average Bonchev–Trinajstić information content (AvgIpc) is 2.53. The Morgan fingerprint density at radius 3 is 2.65 bits per heavy atom. The first-order valence-corrected chi connectivity index (χ1v) is 6.64. The number of carbonyl (C=O) groups is 1. The van der Waals surface area contributed by atoms with E-state index in [1.165, 1.54) is 32.2 Å². The van der Waals surface area contributed by atoms with Gasteiger partial charge in [-0.25, -0.2) is 9.59 Å². The lowest BCUT2D eigenvalue weighted by atomic mass is 10.1. The van der Waals surface area contributed by atoms with Crippen molar-refractivity contribution in [1.29, 1.82) is 0 Å². The Balaban J connectivity index is 2.50. The predicted molar refractivity (Wildman–Crippen MR) is 82.4 cm³/mol. The first-order chi connectivity index (χ1) is 10.8. The molecule has 23 heavy (non-hydrogen) atoms. The van der Waals surface area contributed by atoms with Crippen LogP contribution in [-0.2, 0) is 9.53 Å². The molecule has 0 radical (unpaired) electrons. The van der Waals surface area contributed by atoms with E-state index in [2.05, 4.69) is 4.74 Å². The zero-order chi connectivity index (χ0) is 17.2. The molecular weight excluding hydrogens is 304 g/mol. The highest BCUT2D eigenvalue weighted by atomic mass is 16.5. The summed E-state index contributed by atoms with van der Waals surface area (Å²) in [6.07, 6.45) is 2.38. The maximum atomic E-state index is 12.0. The molecule has 1 heterocycles. The number of aromatic hydroxyl groups is 1. The summed E-state index contributed by atoms with van der Waals surface area (Å²) in [5, 5.41) is 20.3. The van der Waals surface area contributed by atoms with Crippen molar-refractivity contribution in [3.63, 3.8) is 0 Å². The van der Waals surface area contributed by atoms with Crippen LogP contribution >= 0.6 is 0 Å². The molecule has 1 aromatic carbocycles. The molecule has 0 unspecified atom stereocenters. The zero-order valence-electron chi connectivity index (χ0n) is 12.8. The number of methoxy groups -OCH3 is 2. The van der Waals surface area contributed by atoms with Crippen LogP contribution in [0.3, 0.4) is 0 Å². The Hall–Kier alpha value is -2.80. The van der Waals surface area contributed by atoms with Crippen molar-refractivity contribution < 1.29 is 28.9 Å². The molecule has 0 saturated carbocycles. The fourth-order valence-corrected chi connectivity index (χ4v) is 1.98. The second-order valence-electron chi connectivity index (χ2n) is 5.00. The fourth-order valence-electron chi connectivity index (χ4n) is 1.98. The molecule has 1 atom stereocenters. The van der Waals surface area contributed by atoms with E-state index in [0.29, 0.717) is 5.39 Å². The first-order valence-electron chi connectivity index (χ1n) is 6.64. The lowest BCUT2D eigenvalue weighted by Crippen LogP contribution is -2.33. The van der Waals surface area contributed by atoms with Crippen LogP contribution in [0.25, 0.3) is 17.0 Å². The number of hydrogen-bond donors (Lipinski definition) is 2. The zero-order valence-corrected chi connectivity index (χ0v) is 12.8. The minimum atomic E-state index is -1.88. The summed E-state index contributed by atoms with van der Waals surface area (Å²) in [4.78, 5) is 23.4. The van der Waals surface area contributed by atoms with E-state index >= 15 is 0 Å². The van der Waals surface area contributed by atoms with Crippen molar-refractivity contribution in [2.24, 2.45) is 0 Å². The van der Waals surface area contributed by atoms with Crippen LogP contribution in [0.2, 0.25) is 0 Å². The largest absolute Gasteiger partial charge is 0.502 e. The molecule has 0 aliphatic rings. The topological polar surface area (TPSA) is 106 Å². The van der Waals surface area contributed by atoms with Crippen LogP contribution < -0.4 is 10.4 Å². The second kappa shape index (κ2) is 6.13. The summed E-state index contributed by atoms with van der Waals surface area (Å²) < 4.78 is 14.5. The van der Waals surface area contributed by atoms with Crippen LogP contribution in [0.4, 0.5) is 0 Å². The van der Waals surface area contributed by atoms with Crippen LogP contribution in [-0.4, -0.2) is 36.0 Å². The Bertz CT molecular complexity index is 830. The van der Waals surface area contributed by atoms with Crippen LogP contribution in [0, 0.1) is 0 Å². The number of rotatable bonds is 4. The van der Waals surface area contributed by atoms with Crippen molar-refractivity contribution in [3.8, 4) is 11.5 Å². The van der Waals surface area contributed by atoms with Crippen LogP contribution in [0.1, 0.15) is 12.5 Å². The number of benzene rings is 1. The highest BCUT2D eigenvalue weighted by Gasteiger charge is 2.28. The number of fused-ring (bicyclic) bond motifs is 1. The molecule has 2 aromatic rings. The molecule has 2 N–H and O–H groups in total. The van der Waals surface area contributed by atoms with E-state index in [1.807, 2.05) is 0 Å². The highest BCUT2D eigenvalue weighted by molar-refractivity contribution is 5.87. The van der Waals surface area contributed by atoms with Gasteiger partial charge in [-0.2, -0.15) is 0 Å². The third-order valence-electron chi connectivity index (χ3n) is 3.27. The number of hydrogen-bond acceptors (Lipinski definition) is 7. The molecule has 1 aromatic heterocycles. The van der Waals surface area contributed by atoms with E-state index in [-0.39, 0.29) is 22.6 Å². The van der Waals surface area contributed by atoms with Crippen LogP contribution in [0.5, 0.6) is 11.5 Å². The average molecular weight is 320 g/mol. The van der Waals surface area contributed by atoms with Gasteiger partial charge in [0.25, 0.3) is 0 Å². The number of carbonyl (C=O) groups excluding carboxylic acids is 1. The van der Waals surface area contributed by atoms with Gasteiger partial charge in [-0.1, -0.05) is 0 Å². The Kier molecular flexibility index (Phi) is 4.42. The molecule has 122 valence electrons. The summed E-state index contributed by atoms with van der Waals surface area (Å²) in [5.41, 5.74) is -2.52. The first kappa shape index (κ1) is 16.6. The molecule has 0 amide bonds. The monoisotopic (exact) mass is 320 g/mol. The third-order valence-corrected chi connectivity index (χ3v) is 3.27. The standard InChI is InChI=1S/C16H16O7/c1-16(20,15(19)22-3)7-6-10-8-9-4-5-11(21-2)12(17)13(9)23-14(10)18/h4-8,17,20H,1-3H3/b7-6+/t16-/m0/s1. The lowest BCUT2D eigenvalue weighted by Gasteiger charge is -2.14. The molecule has 0 aliphatic carbocycles. The molecule has 7 nitrogen and oxygen atoms in total. The maximum Gasteiger partial charge on any atom is 0.343 e. The van der Waals surface area contributed by atoms with Gasteiger partial charge in [0.05, 0.1) is 19.8 Å². The normalized spacial score (nSPS) is 13.9. The molecule has 0 spiro atoms. The third kappa shape index (κ3) is 3.19. The summed E-state index contributed by atoms with van der Waals surface area (Å²) in [6, 6.07) is 4.59. The van der Waals surface area contributed by atoms with Crippen molar-refractivity contribution in [3.05, 3.63) is 40.3 Å². The van der Waals surface area contributed by atoms with Crippen molar-refractivity contribution in [2.45, 2.75) is 12.5 Å². The van der Waals surface area contributed by atoms with Gasteiger partial charge in [0, 0.05) is 5.39 Å². The van der Waals surface area contributed by atoms with E-state index in [9.17, 15) is 19.8 Å². The van der Waals surface area contributed by atoms with E-state index in [1.54, 1.807) is 6.07 Å². The molecule has 7 heteroatoms. The van der Waals surface area contributed by atoms with Gasteiger partial charge in [-0.05, 0) is 37.3 Å². The Labute approximate surface area is 131 Å². The predicted octanol–water partition coefficient (Wildman–Crippen LogP) is 1.44. The molecule has 0 fully saturated rings. The van der Waals surface area contributed by atoms with Gasteiger partial charge < -0.3 is 24.1 Å². The number of phenolic OH excluding ortho intramolecular Hbond substituents is 1. The molecule has 0 bridgehead atoms. The van der Waals surface area contributed by atoms with E-state index in [0.717, 1.165) is 13.2 Å². The van der Waals surface area contributed by atoms with Crippen molar-refractivity contribution >= 4 is 23.0 Å². The molecule has 2 rings (SSSR count). The van der Waals surface area contributed by atoms with Crippen LogP contribution in [0.15, 0.2) is 33.5 Å². The smallest absolute Gasteiger partial charge is 0.343 e. The second-order valence-corrected chi connectivity index (χ2v) is 5.00. The molecule has 0 saturated heterocycles. The summed E-state index contributed by atoms with van der Waals surface area (Å²) >= 11 is 0. The summed E-state index contributed by atoms with van der Waals surface area (Å²) in [6.45, 7) is 1.23. The quantitative estimate of drug-likeness (QED) is 0.648. The maximum absolute atomic E-state index is 12.0. The number of esters is 1. The number of phenols is 1. The highest BCUT2D eigenvalue weighted by Crippen LogP contribution is 2.33. The molecule has 0 aliphatic heterocycles. The van der Waals surface area contributed by atoms with Crippen molar-refractivity contribution in [2.75, 3.05) is 14.2 Å². The summed E-state index contributed by atoms with van der Waals surface area (Å²) in [5.74, 6) is -0.960. The minimum Gasteiger partial charge on any atom is -0.502 e. The van der Waals surface area contributed by atoms with E-state index < -0.39 is 17.2 Å². The van der Waals surface area contributed by atoms with Gasteiger partial charge in [0.15, 0.2) is 16.9 Å². The fraction of sp³-hybridized carbons (Fsp3) is 0.250. The SMILES string of the molecule is COC(=O)[C@@](C)(O)/C=C/c1cc2ccc(OC)c(O)c2oc1=O. The van der Waals surface area contributed by atoms with E-state index in [4.69, 9.17) is 9.15 Å². The van der Waals surface area contributed by atoms with Gasteiger partial charge in [-0.15, -0.1) is 0 Å². The summed E-state index contributed by atoms with van der Waals surface area (Å²) in [7, 11) is 2.52. The Morgan fingerprint density at radius 1 is 1.35 bits per heavy atom. The van der Waals surface area contributed by atoms with Crippen molar-refractivity contribution in [1.82, 2.24) is 0 Å². The van der Waals surface area contributed by atoms with Gasteiger partial charge in [0.1, 0.15) is 0 Å². The van der Waals surface area contributed by atoms with Gasteiger partial charge in [-0.3, -0.25) is 0 Å².